The van der Waals surface area contributed by atoms with Gasteiger partial charge in [0.05, 0.1) is 0 Å². The van der Waals surface area contributed by atoms with Gasteiger partial charge in [0.1, 0.15) is 0 Å². The molecule has 0 aromatic heterocycles. The van der Waals surface area contributed by atoms with Gasteiger partial charge >= 0.3 is 0 Å². The maximum absolute atomic E-state index is 5.22. The molecule has 0 aliphatic carbocycles. The van der Waals surface area contributed by atoms with E-state index in [1.165, 1.54) is 16.3 Å². The number of hydrogen-bond donors (Lipinski definition) is 1. The first kappa shape index (κ1) is 14.0. The molecule has 0 saturated heterocycles. The van der Waals surface area contributed by atoms with Gasteiger partial charge in [0, 0.05) is 19.8 Å². The van der Waals surface area contributed by atoms with Crippen LogP contribution in [0.1, 0.15) is 31.4 Å². The topological polar surface area (TPSA) is 21.3 Å². The van der Waals surface area contributed by atoms with Crippen LogP contribution in [0.25, 0.3) is 10.8 Å². The Morgan fingerprint density at radius 1 is 1.11 bits per heavy atom. The number of fused-ring (bicyclic) bond motifs is 1. The Morgan fingerprint density at radius 3 is 2.63 bits per heavy atom. The Balaban J connectivity index is 2.21. The van der Waals surface area contributed by atoms with Gasteiger partial charge in [-0.3, -0.25) is 0 Å². The molecule has 1 unspecified atom stereocenters. The van der Waals surface area contributed by atoms with E-state index in [0.29, 0.717) is 6.04 Å². The molecule has 0 bridgehead atoms. The van der Waals surface area contributed by atoms with Crippen LogP contribution in [-0.4, -0.2) is 20.3 Å². The van der Waals surface area contributed by atoms with Crippen molar-refractivity contribution in [3.63, 3.8) is 0 Å². The van der Waals surface area contributed by atoms with Crippen molar-refractivity contribution >= 4 is 10.8 Å². The molecule has 0 fully saturated rings. The normalized spacial score (nSPS) is 12.7. The Labute approximate surface area is 115 Å². The molecule has 102 valence electrons. The Bertz CT molecular complexity index is 501. The largest absolute Gasteiger partial charge is 0.385 e. The minimum Gasteiger partial charge on any atom is -0.385 e. The van der Waals surface area contributed by atoms with E-state index in [2.05, 4.69) is 54.7 Å². The summed E-state index contributed by atoms with van der Waals surface area (Å²) in [6.07, 6.45) is 2.16. The molecule has 0 amide bonds. The second-order valence-electron chi connectivity index (χ2n) is 4.89. The number of benzene rings is 2. The molecule has 0 saturated carbocycles. The van der Waals surface area contributed by atoms with E-state index in [1.807, 2.05) is 0 Å². The third kappa shape index (κ3) is 3.79. The highest BCUT2D eigenvalue weighted by Gasteiger charge is 2.10. The summed E-state index contributed by atoms with van der Waals surface area (Å²) in [4.78, 5) is 0. The third-order valence-electron chi connectivity index (χ3n) is 3.43. The highest BCUT2D eigenvalue weighted by Crippen LogP contribution is 2.22. The summed E-state index contributed by atoms with van der Waals surface area (Å²) in [6.45, 7) is 4.02. The average molecular weight is 257 g/mol. The first-order chi connectivity index (χ1) is 9.35. The lowest BCUT2D eigenvalue weighted by Crippen LogP contribution is -2.23. The SMILES string of the molecule is CCCNC(CCOC)c1ccc2ccccc2c1. The van der Waals surface area contributed by atoms with Crippen LogP contribution < -0.4 is 5.32 Å². The van der Waals surface area contributed by atoms with Crippen molar-refractivity contribution in [2.24, 2.45) is 0 Å². The maximum Gasteiger partial charge on any atom is 0.0480 e. The Morgan fingerprint density at radius 2 is 1.89 bits per heavy atom. The van der Waals surface area contributed by atoms with Crippen molar-refractivity contribution in [3.05, 3.63) is 48.0 Å². The van der Waals surface area contributed by atoms with Gasteiger partial charge in [-0.25, -0.2) is 0 Å². The zero-order valence-electron chi connectivity index (χ0n) is 11.9. The van der Waals surface area contributed by atoms with Crippen molar-refractivity contribution in [1.82, 2.24) is 5.32 Å². The predicted molar refractivity (Wildman–Crippen MR) is 81.5 cm³/mol. The molecule has 0 radical (unpaired) electrons. The number of methoxy groups -OCH3 is 1. The van der Waals surface area contributed by atoms with Gasteiger partial charge in [0.15, 0.2) is 0 Å². The van der Waals surface area contributed by atoms with Gasteiger partial charge in [-0.15, -0.1) is 0 Å². The molecule has 2 heteroatoms. The van der Waals surface area contributed by atoms with E-state index in [0.717, 1.165) is 26.0 Å². The molecule has 0 aliphatic rings. The highest BCUT2D eigenvalue weighted by molar-refractivity contribution is 5.83. The van der Waals surface area contributed by atoms with Gasteiger partial charge in [-0.2, -0.15) is 0 Å². The summed E-state index contributed by atoms with van der Waals surface area (Å²) in [6, 6.07) is 15.6. The lowest BCUT2D eigenvalue weighted by Gasteiger charge is -2.19. The summed E-state index contributed by atoms with van der Waals surface area (Å²) >= 11 is 0. The van der Waals surface area contributed by atoms with Crippen LogP contribution in [0, 0.1) is 0 Å². The third-order valence-corrected chi connectivity index (χ3v) is 3.43. The number of hydrogen-bond acceptors (Lipinski definition) is 2. The number of rotatable bonds is 7. The van der Waals surface area contributed by atoms with E-state index in [-0.39, 0.29) is 0 Å². The minimum absolute atomic E-state index is 0.379. The van der Waals surface area contributed by atoms with Crippen LogP contribution >= 0.6 is 0 Å². The summed E-state index contributed by atoms with van der Waals surface area (Å²) in [5.41, 5.74) is 1.35. The summed E-state index contributed by atoms with van der Waals surface area (Å²) < 4.78 is 5.22. The van der Waals surface area contributed by atoms with Crippen molar-refractivity contribution in [1.29, 1.82) is 0 Å². The Kier molecular flexibility index (Phi) is 5.37. The van der Waals surface area contributed by atoms with Gasteiger partial charge in [0.25, 0.3) is 0 Å². The fraction of sp³-hybridized carbons (Fsp3) is 0.412. The molecule has 0 heterocycles. The maximum atomic E-state index is 5.22. The van der Waals surface area contributed by atoms with Gasteiger partial charge < -0.3 is 10.1 Å². The highest BCUT2D eigenvalue weighted by atomic mass is 16.5. The summed E-state index contributed by atoms with van der Waals surface area (Å²) in [5, 5.41) is 6.21. The zero-order valence-corrected chi connectivity index (χ0v) is 11.9. The number of nitrogens with one attached hydrogen (secondary N) is 1. The van der Waals surface area contributed by atoms with E-state index in [9.17, 15) is 0 Å². The van der Waals surface area contributed by atoms with Crippen molar-refractivity contribution in [3.8, 4) is 0 Å². The van der Waals surface area contributed by atoms with Crippen LogP contribution in [0.2, 0.25) is 0 Å². The van der Waals surface area contributed by atoms with E-state index < -0.39 is 0 Å². The molecular weight excluding hydrogens is 234 g/mol. The zero-order chi connectivity index (χ0) is 13.5. The van der Waals surface area contributed by atoms with Crippen LogP contribution in [0.4, 0.5) is 0 Å². The minimum atomic E-state index is 0.379. The molecule has 19 heavy (non-hydrogen) atoms. The second-order valence-corrected chi connectivity index (χ2v) is 4.89. The van der Waals surface area contributed by atoms with Gasteiger partial charge in [0.2, 0.25) is 0 Å². The molecule has 0 spiro atoms. The molecule has 1 N–H and O–H groups in total. The first-order valence-electron chi connectivity index (χ1n) is 7.06. The molecule has 2 nitrogen and oxygen atoms in total. The average Bonchev–Trinajstić information content (AvgIpc) is 2.47. The number of ether oxygens (including phenoxy) is 1. The van der Waals surface area contributed by atoms with E-state index in [1.54, 1.807) is 7.11 Å². The monoisotopic (exact) mass is 257 g/mol. The van der Waals surface area contributed by atoms with Crippen molar-refractivity contribution in [2.75, 3.05) is 20.3 Å². The van der Waals surface area contributed by atoms with Gasteiger partial charge in [-0.1, -0.05) is 43.3 Å². The predicted octanol–water partition coefficient (Wildman–Crippen LogP) is 3.92. The molecule has 2 aromatic rings. The fourth-order valence-corrected chi connectivity index (χ4v) is 2.37. The molecule has 0 aliphatic heterocycles. The molecule has 1 atom stereocenters. The second kappa shape index (κ2) is 7.27. The molecule has 2 aromatic carbocycles. The quantitative estimate of drug-likeness (QED) is 0.811. The van der Waals surface area contributed by atoms with Crippen molar-refractivity contribution in [2.45, 2.75) is 25.8 Å². The summed E-state index contributed by atoms with van der Waals surface area (Å²) in [5.74, 6) is 0. The van der Waals surface area contributed by atoms with Crippen LogP contribution in [-0.2, 0) is 4.74 Å². The fourth-order valence-electron chi connectivity index (χ4n) is 2.37. The lowest BCUT2D eigenvalue weighted by atomic mass is 10.00. The van der Waals surface area contributed by atoms with Crippen LogP contribution in [0.15, 0.2) is 42.5 Å². The standard InChI is InChI=1S/C17H23NO/c1-3-11-18-17(10-12-19-2)16-9-8-14-6-4-5-7-15(14)13-16/h4-9,13,17-18H,3,10-12H2,1-2H3. The smallest absolute Gasteiger partial charge is 0.0480 e. The molecule has 2 rings (SSSR count). The van der Waals surface area contributed by atoms with E-state index >= 15 is 0 Å². The van der Waals surface area contributed by atoms with Crippen LogP contribution in [0.3, 0.4) is 0 Å². The molecular formula is C17H23NO. The van der Waals surface area contributed by atoms with Gasteiger partial charge in [-0.05, 0) is 41.8 Å². The Hall–Kier alpha value is -1.38. The van der Waals surface area contributed by atoms with Crippen LogP contribution in [0.5, 0.6) is 0 Å². The van der Waals surface area contributed by atoms with E-state index in [4.69, 9.17) is 4.74 Å². The lowest BCUT2D eigenvalue weighted by molar-refractivity contribution is 0.183. The van der Waals surface area contributed by atoms with Crippen molar-refractivity contribution < 1.29 is 4.74 Å². The first-order valence-corrected chi connectivity index (χ1v) is 7.06. The summed E-state index contributed by atoms with van der Waals surface area (Å²) in [7, 11) is 1.76.